The van der Waals surface area contributed by atoms with Gasteiger partial charge in [-0.1, -0.05) is 19.1 Å². The normalized spacial score (nSPS) is 10.8. The van der Waals surface area contributed by atoms with Crippen molar-refractivity contribution in [2.45, 2.75) is 13.3 Å². The summed E-state index contributed by atoms with van der Waals surface area (Å²) in [6, 6.07) is 4.06. The quantitative estimate of drug-likeness (QED) is 0.351. The van der Waals surface area contributed by atoms with Crippen LogP contribution in [0.2, 0.25) is 0 Å². The van der Waals surface area contributed by atoms with Crippen LogP contribution in [0.3, 0.4) is 0 Å². The van der Waals surface area contributed by atoms with Crippen LogP contribution in [0.15, 0.2) is 43.0 Å². The molecule has 0 amide bonds. The molecule has 8 nitrogen and oxygen atoms in total. The fraction of sp³-hybridized carbons (Fsp3) is 0.214. The van der Waals surface area contributed by atoms with Gasteiger partial charge in [-0.3, -0.25) is 10.1 Å². The molecule has 1 aromatic carbocycles. The van der Waals surface area contributed by atoms with E-state index in [-0.39, 0.29) is 23.5 Å². The van der Waals surface area contributed by atoms with E-state index in [2.05, 4.69) is 10.1 Å². The average Bonchev–Trinajstić information content (AvgIpc) is 3.05. The number of carbonyl (C=O) groups excluding carboxylic acids is 1. The zero-order valence-electron chi connectivity index (χ0n) is 11.9. The number of esters is 1. The van der Waals surface area contributed by atoms with Crippen LogP contribution < -0.4 is 0 Å². The van der Waals surface area contributed by atoms with Crippen molar-refractivity contribution in [3.8, 4) is 5.69 Å². The third kappa shape index (κ3) is 3.54. The molecule has 114 valence electrons. The highest BCUT2D eigenvalue weighted by atomic mass is 16.6. The van der Waals surface area contributed by atoms with Gasteiger partial charge in [-0.05, 0) is 18.6 Å². The van der Waals surface area contributed by atoms with E-state index in [1.165, 1.54) is 35.5 Å². The maximum absolute atomic E-state index is 11.9. The molecule has 0 saturated carbocycles. The second-order valence-electron chi connectivity index (χ2n) is 4.28. The molecule has 0 aliphatic heterocycles. The molecule has 0 aliphatic rings. The lowest BCUT2D eigenvalue weighted by Crippen LogP contribution is -2.08. The van der Waals surface area contributed by atoms with Crippen LogP contribution in [0, 0.1) is 10.1 Å². The summed E-state index contributed by atoms with van der Waals surface area (Å²) in [7, 11) is 0. The van der Waals surface area contributed by atoms with E-state index in [4.69, 9.17) is 4.74 Å². The Morgan fingerprint density at radius 2 is 2.27 bits per heavy atom. The Morgan fingerprint density at radius 3 is 2.91 bits per heavy atom. The van der Waals surface area contributed by atoms with Gasteiger partial charge in [-0.25, -0.2) is 14.5 Å². The second kappa shape index (κ2) is 7.11. The maximum atomic E-state index is 11.9. The predicted molar refractivity (Wildman–Crippen MR) is 77.7 cm³/mol. The van der Waals surface area contributed by atoms with Crippen molar-refractivity contribution in [3.63, 3.8) is 0 Å². The molecule has 8 heteroatoms. The maximum Gasteiger partial charge on any atom is 0.338 e. The van der Waals surface area contributed by atoms with Crippen molar-refractivity contribution >= 4 is 11.7 Å². The molecule has 0 fully saturated rings. The molecule has 0 unspecified atom stereocenters. The van der Waals surface area contributed by atoms with E-state index in [0.717, 1.165) is 6.42 Å². The number of nitrogens with zero attached hydrogens (tertiary/aromatic N) is 4. The number of nitro benzene ring substituents is 1. The molecule has 1 heterocycles. The van der Waals surface area contributed by atoms with Crippen LogP contribution in [0.1, 0.15) is 23.7 Å². The highest BCUT2D eigenvalue weighted by molar-refractivity contribution is 5.90. The molecule has 22 heavy (non-hydrogen) atoms. The van der Waals surface area contributed by atoms with Gasteiger partial charge in [0.05, 0.1) is 10.5 Å². The molecule has 0 aliphatic carbocycles. The van der Waals surface area contributed by atoms with Gasteiger partial charge in [-0.15, -0.1) is 0 Å². The van der Waals surface area contributed by atoms with Gasteiger partial charge in [0.25, 0.3) is 5.69 Å². The topological polar surface area (TPSA) is 100 Å². The van der Waals surface area contributed by atoms with E-state index in [1.54, 1.807) is 6.08 Å². The Kier molecular flexibility index (Phi) is 4.97. The van der Waals surface area contributed by atoms with Crippen LogP contribution in [-0.4, -0.2) is 32.3 Å². The average molecular weight is 302 g/mol. The van der Waals surface area contributed by atoms with E-state index < -0.39 is 10.9 Å². The first-order chi connectivity index (χ1) is 10.6. The van der Waals surface area contributed by atoms with E-state index in [9.17, 15) is 14.9 Å². The third-order valence-electron chi connectivity index (χ3n) is 2.79. The Balaban J connectivity index is 2.24. The summed E-state index contributed by atoms with van der Waals surface area (Å²) in [5.41, 5.74) is 0.0921. The summed E-state index contributed by atoms with van der Waals surface area (Å²) >= 11 is 0. The fourth-order valence-corrected chi connectivity index (χ4v) is 1.76. The minimum absolute atomic E-state index is 0.112. The van der Waals surface area contributed by atoms with Gasteiger partial charge in [0.2, 0.25) is 0 Å². The summed E-state index contributed by atoms with van der Waals surface area (Å²) in [6.45, 7) is 2.09. The molecule has 2 rings (SSSR count). The molecule has 0 spiro atoms. The van der Waals surface area contributed by atoms with Crippen LogP contribution in [0.5, 0.6) is 0 Å². The number of carbonyl (C=O) groups is 1. The molecule has 0 N–H and O–H groups in total. The number of benzene rings is 1. The van der Waals surface area contributed by atoms with Crippen molar-refractivity contribution in [2.24, 2.45) is 0 Å². The highest BCUT2D eigenvalue weighted by Gasteiger charge is 2.19. The van der Waals surface area contributed by atoms with Crippen LogP contribution in [-0.2, 0) is 4.74 Å². The Bertz CT molecular complexity index is 695. The first-order valence-electron chi connectivity index (χ1n) is 6.59. The predicted octanol–water partition coefficient (Wildman–Crippen LogP) is 2.30. The third-order valence-corrected chi connectivity index (χ3v) is 2.79. The Hall–Kier alpha value is -3.03. The number of aromatic nitrogens is 3. The van der Waals surface area contributed by atoms with Gasteiger partial charge < -0.3 is 4.74 Å². The summed E-state index contributed by atoms with van der Waals surface area (Å²) < 4.78 is 6.27. The zero-order chi connectivity index (χ0) is 15.9. The summed E-state index contributed by atoms with van der Waals surface area (Å²) in [6.07, 6.45) is 7.04. The lowest BCUT2D eigenvalue weighted by molar-refractivity contribution is -0.384. The van der Waals surface area contributed by atoms with Gasteiger partial charge in [0.15, 0.2) is 0 Å². The minimum atomic E-state index is -0.617. The first-order valence-corrected chi connectivity index (χ1v) is 6.59. The number of ether oxygens (including phenoxy) is 1. The van der Waals surface area contributed by atoms with Gasteiger partial charge in [0, 0.05) is 6.07 Å². The fourth-order valence-electron chi connectivity index (χ4n) is 1.76. The smallest absolute Gasteiger partial charge is 0.338 e. The number of rotatable bonds is 6. The standard InChI is InChI=1S/C14H14N4O4/c1-2-3-4-7-22-14(19)11-5-6-12(13(8-11)18(20)21)17-10-15-9-16-17/h3-6,8-10H,2,7H2,1H3/b4-3+. The molecular formula is C14H14N4O4. The van der Waals surface area contributed by atoms with Crippen molar-refractivity contribution in [1.29, 1.82) is 0 Å². The number of hydrogen-bond donors (Lipinski definition) is 0. The molecule has 0 atom stereocenters. The number of nitro groups is 1. The summed E-state index contributed by atoms with van der Waals surface area (Å²) in [5, 5.41) is 15.0. The SMILES string of the molecule is CC/C=C/COC(=O)c1ccc(-n2cncn2)c([N+](=O)[O-])c1. The Morgan fingerprint density at radius 1 is 1.45 bits per heavy atom. The highest BCUT2D eigenvalue weighted by Crippen LogP contribution is 2.23. The first kappa shape index (κ1) is 15.4. The minimum Gasteiger partial charge on any atom is -0.458 e. The van der Waals surface area contributed by atoms with Crippen LogP contribution in [0.25, 0.3) is 5.69 Å². The van der Waals surface area contributed by atoms with Gasteiger partial charge in [0.1, 0.15) is 24.9 Å². The molecule has 2 aromatic rings. The summed E-state index contributed by atoms with van der Waals surface area (Å²) in [4.78, 5) is 26.2. The monoisotopic (exact) mass is 302 g/mol. The Labute approximate surface area is 126 Å². The van der Waals surface area contributed by atoms with Crippen molar-refractivity contribution in [2.75, 3.05) is 6.61 Å². The van der Waals surface area contributed by atoms with Crippen molar-refractivity contribution in [1.82, 2.24) is 14.8 Å². The molecule has 0 bridgehead atoms. The molecule has 1 aromatic heterocycles. The van der Waals surface area contributed by atoms with Crippen LogP contribution in [0.4, 0.5) is 5.69 Å². The largest absolute Gasteiger partial charge is 0.458 e. The second-order valence-corrected chi connectivity index (χ2v) is 4.28. The van der Waals surface area contributed by atoms with E-state index >= 15 is 0 Å². The van der Waals surface area contributed by atoms with Crippen LogP contribution >= 0.6 is 0 Å². The van der Waals surface area contributed by atoms with E-state index in [0.29, 0.717) is 0 Å². The van der Waals surface area contributed by atoms with Gasteiger partial charge >= 0.3 is 5.97 Å². The molecule has 0 radical (unpaired) electrons. The van der Waals surface area contributed by atoms with Crippen molar-refractivity contribution in [3.05, 3.63) is 58.7 Å². The van der Waals surface area contributed by atoms with Gasteiger partial charge in [-0.2, -0.15) is 5.10 Å². The lowest BCUT2D eigenvalue weighted by Gasteiger charge is -2.05. The lowest BCUT2D eigenvalue weighted by atomic mass is 10.1. The number of hydrogen-bond acceptors (Lipinski definition) is 6. The summed E-state index contributed by atoms with van der Waals surface area (Å²) in [5.74, 6) is -0.617. The molecular weight excluding hydrogens is 288 g/mol. The zero-order valence-corrected chi connectivity index (χ0v) is 11.9. The number of allylic oxidation sites excluding steroid dienone is 1. The molecule has 0 saturated heterocycles. The van der Waals surface area contributed by atoms with Crippen molar-refractivity contribution < 1.29 is 14.5 Å². The van der Waals surface area contributed by atoms with E-state index in [1.807, 2.05) is 13.0 Å².